The van der Waals surface area contributed by atoms with Crippen molar-refractivity contribution in [2.24, 2.45) is 0 Å². The molecule has 0 aliphatic rings. The average Bonchev–Trinajstić information content (AvgIpc) is 3.60. The molecule has 9 rings (SSSR count). The van der Waals surface area contributed by atoms with Crippen LogP contribution in [0.5, 0.6) is 0 Å². The summed E-state index contributed by atoms with van der Waals surface area (Å²) in [6, 6.07) is 41.3. The van der Waals surface area contributed by atoms with E-state index in [1.54, 1.807) is 0 Å². The van der Waals surface area contributed by atoms with Gasteiger partial charge in [-0.25, -0.2) is 15.0 Å². The smallest absolute Gasteiger partial charge is 0.162 e. The third kappa shape index (κ3) is 2.94. The van der Waals surface area contributed by atoms with Crippen molar-refractivity contribution in [2.45, 2.75) is 0 Å². The molecule has 0 spiro atoms. The van der Waals surface area contributed by atoms with Crippen molar-refractivity contribution in [1.29, 1.82) is 0 Å². The highest BCUT2D eigenvalue weighted by Crippen LogP contribution is 2.39. The summed E-state index contributed by atoms with van der Waals surface area (Å²) < 4.78 is 8.47. The van der Waals surface area contributed by atoms with Gasteiger partial charge in [0.25, 0.3) is 0 Å². The van der Waals surface area contributed by atoms with Crippen molar-refractivity contribution in [2.75, 3.05) is 0 Å². The fourth-order valence-electron chi connectivity index (χ4n) is 5.97. The van der Waals surface area contributed by atoms with Crippen molar-refractivity contribution in [3.63, 3.8) is 0 Å². The largest absolute Gasteiger partial charge is 0.456 e. The van der Waals surface area contributed by atoms with Gasteiger partial charge in [0.15, 0.2) is 11.5 Å². The van der Waals surface area contributed by atoms with Gasteiger partial charge in [0.1, 0.15) is 16.8 Å². The van der Waals surface area contributed by atoms with Crippen molar-refractivity contribution >= 4 is 60.4 Å². The summed E-state index contributed by atoms with van der Waals surface area (Å²) in [5, 5.41) is 5.32. The molecule has 40 heavy (non-hydrogen) atoms. The zero-order chi connectivity index (χ0) is 26.2. The zero-order valence-electron chi connectivity index (χ0n) is 21.2. The van der Waals surface area contributed by atoms with Gasteiger partial charge in [-0.2, -0.15) is 0 Å². The van der Waals surface area contributed by atoms with Gasteiger partial charge in [-0.05, 0) is 35.7 Å². The molecule has 0 fully saturated rings. The Kier molecular flexibility index (Phi) is 4.27. The lowest BCUT2D eigenvalue weighted by atomic mass is 10.0. The number of hydrogen-bond donors (Lipinski definition) is 0. The molecule has 0 saturated heterocycles. The molecule has 9 aromatic rings. The predicted octanol–water partition coefficient (Wildman–Crippen LogP) is 8.82. The van der Waals surface area contributed by atoms with E-state index in [1.807, 2.05) is 48.5 Å². The fourth-order valence-corrected chi connectivity index (χ4v) is 5.97. The number of hydrogen-bond acceptors (Lipinski definition) is 4. The Bertz CT molecular complexity index is 2440. The second-order valence-corrected chi connectivity index (χ2v) is 10.1. The second-order valence-electron chi connectivity index (χ2n) is 10.1. The first kappa shape index (κ1) is 21.4. The van der Waals surface area contributed by atoms with E-state index in [0.29, 0.717) is 5.82 Å². The summed E-state index contributed by atoms with van der Waals surface area (Å²) in [6.45, 7) is 0. The number of para-hydroxylation sites is 3. The molecule has 0 aliphatic carbocycles. The molecule has 0 radical (unpaired) electrons. The zero-order valence-corrected chi connectivity index (χ0v) is 21.2. The molecule has 4 aromatic heterocycles. The van der Waals surface area contributed by atoms with Crippen LogP contribution < -0.4 is 0 Å². The van der Waals surface area contributed by atoms with Gasteiger partial charge in [-0.3, -0.25) is 4.40 Å². The van der Waals surface area contributed by atoms with E-state index in [4.69, 9.17) is 19.4 Å². The summed E-state index contributed by atoms with van der Waals surface area (Å²) in [7, 11) is 0. The van der Waals surface area contributed by atoms with Gasteiger partial charge in [0.2, 0.25) is 0 Å². The highest BCUT2D eigenvalue weighted by atomic mass is 16.3. The van der Waals surface area contributed by atoms with Crippen LogP contribution in [0.1, 0.15) is 0 Å². The molecule has 0 N–H and O–H groups in total. The first-order valence-electron chi connectivity index (χ1n) is 13.3. The normalized spacial score (nSPS) is 12.0. The van der Waals surface area contributed by atoms with Crippen molar-refractivity contribution in [3.05, 3.63) is 121 Å². The Balaban J connectivity index is 1.49. The van der Waals surface area contributed by atoms with Gasteiger partial charge in [0, 0.05) is 27.3 Å². The lowest BCUT2D eigenvalue weighted by Gasteiger charge is -2.14. The number of benzene rings is 5. The Hall–Kier alpha value is -5.55. The minimum Gasteiger partial charge on any atom is -0.456 e. The fraction of sp³-hybridized carbons (Fsp3) is 0. The van der Waals surface area contributed by atoms with E-state index < -0.39 is 0 Å². The van der Waals surface area contributed by atoms with Gasteiger partial charge < -0.3 is 4.42 Å². The highest BCUT2D eigenvalue weighted by Gasteiger charge is 2.21. The van der Waals surface area contributed by atoms with Gasteiger partial charge >= 0.3 is 0 Å². The predicted molar refractivity (Wildman–Crippen MR) is 161 cm³/mol. The molecule has 0 atom stereocenters. The van der Waals surface area contributed by atoms with Crippen LogP contribution in [0.4, 0.5) is 0 Å². The molecule has 0 amide bonds. The monoisotopic (exact) mass is 512 g/mol. The lowest BCUT2D eigenvalue weighted by Crippen LogP contribution is -2.01. The summed E-state index contributed by atoms with van der Waals surface area (Å²) in [5.74, 6) is 0.669. The van der Waals surface area contributed by atoms with Crippen molar-refractivity contribution in [1.82, 2.24) is 19.4 Å². The van der Waals surface area contributed by atoms with E-state index in [1.165, 1.54) is 0 Å². The number of fused-ring (bicyclic) bond motifs is 11. The van der Waals surface area contributed by atoms with E-state index >= 15 is 0 Å². The second kappa shape index (κ2) is 7.98. The van der Waals surface area contributed by atoms with E-state index in [9.17, 15) is 0 Å². The Morgan fingerprint density at radius 2 is 1.23 bits per heavy atom. The van der Waals surface area contributed by atoms with Crippen LogP contribution in [0, 0.1) is 0 Å². The molecule has 5 heteroatoms. The van der Waals surface area contributed by atoms with Gasteiger partial charge in [-0.1, -0.05) is 91.0 Å². The van der Waals surface area contributed by atoms with E-state index in [0.717, 1.165) is 77.2 Å². The first-order valence-corrected chi connectivity index (χ1v) is 13.3. The molecular formula is C35H20N4O. The summed E-state index contributed by atoms with van der Waals surface area (Å²) in [6.07, 6.45) is 0. The van der Waals surface area contributed by atoms with Crippen LogP contribution in [0.25, 0.3) is 83.1 Å². The van der Waals surface area contributed by atoms with Crippen LogP contribution in [0.3, 0.4) is 0 Å². The summed E-state index contributed by atoms with van der Waals surface area (Å²) in [5.41, 5.74) is 8.19. The standard InChI is InChI=1S/C35H20N4O/c1-2-10-21(11-3-1)33-37-32(22-18-19-24-23-12-6-9-17-29(23)40-30(24)20-22)31-25-13-4-5-14-26(25)34-36-27-15-7-8-16-28(27)39(34)35(31)38-33/h1-20H. The lowest BCUT2D eigenvalue weighted by molar-refractivity contribution is 0.669. The molecule has 0 bridgehead atoms. The average molecular weight is 513 g/mol. The quantitative estimate of drug-likeness (QED) is 0.217. The summed E-state index contributed by atoms with van der Waals surface area (Å²) in [4.78, 5) is 15.5. The third-order valence-electron chi connectivity index (χ3n) is 7.78. The summed E-state index contributed by atoms with van der Waals surface area (Å²) >= 11 is 0. The number of nitrogens with zero attached hydrogens (tertiary/aromatic N) is 4. The highest BCUT2D eigenvalue weighted by molar-refractivity contribution is 6.17. The molecular weight excluding hydrogens is 492 g/mol. The third-order valence-corrected chi connectivity index (χ3v) is 7.78. The van der Waals surface area contributed by atoms with Crippen LogP contribution in [-0.2, 0) is 0 Å². The molecule has 5 nitrogen and oxygen atoms in total. The maximum absolute atomic E-state index is 6.29. The van der Waals surface area contributed by atoms with Crippen LogP contribution >= 0.6 is 0 Å². The Labute approximate surface area is 228 Å². The number of imidazole rings is 1. The molecule has 0 aliphatic heterocycles. The number of furan rings is 1. The first-order chi connectivity index (χ1) is 19.8. The van der Waals surface area contributed by atoms with E-state index in [-0.39, 0.29) is 0 Å². The van der Waals surface area contributed by atoms with Gasteiger partial charge in [-0.15, -0.1) is 0 Å². The Morgan fingerprint density at radius 3 is 2.12 bits per heavy atom. The SMILES string of the molecule is c1ccc(-c2nc(-c3ccc4c(c3)oc3ccccc34)c3c4ccccc4c4nc5ccccc5n4c3n2)cc1. The maximum Gasteiger partial charge on any atom is 0.162 e. The van der Waals surface area contributed by atoms with Crippen molar-refractivity contribution < 1.29 is 4.42 Å². The van der Waals surface area contributed by atoms with Crippen molar-refractivity contribution in [3.8, 4) is 22.6 Å². The number of rotatable bonds is 2. The van der Waals surface area contributed by atoms with Crippen LogP contribution in [0.2, 0.25) is 0 Å². The number of pyridine rings is 1. The molecule has 186 valence electrons. The maximum atomic E-state index is 6.29. The minimum absolute atomic E-state index is 0.669. The van der Waals surface area contributed by atoms with E-state index in [2.05, 4.69) is 77.2 Å². The van der Waals surface area contributed by atoms with Crippen LogP contribution in [0.15, 0.2) is 126 Å². The minimum atomic E-state index is 0.669. The van der Waals surface area contributed by atoms with Crippen LogP contribution in [-0.4, -0.2) is 19.4 Å². The molecule has 0 unspecified atom stereocenters. The van der Waals surface area contributed by atoms with Gasteiger partial charge in [0.05, 0.1) is 22.1 Å². The molecule has 4 heterocycles. The topological polar surface area (TPSA) is 56.2 Å². The number of aromatic nitrogens is 4. The Morgan fingerprint density at radius 1 is 0.500 bits per heavy atom. The molecule has 0 saturated carbocycles. The molecule has 5 aromatic carbocycles.